The Labute approximate surface area is 140 Å². The third-order valence-corrected chi connectivity index (χ3v) is 3.14. The minimum absolute atomic E-state index is 0.259. The number of ether oxygens (including phenoxy) is 1. The van der Waals surface area contributed by atoms with Crippen molar-refractivity contribution in [1.82, 2.24) is 0 Å². The van der Waals surface area contributed by atoms with E-state index in [4.69, 9.17) is 19.8 Å². The van der Waals surface area contributed by atoms with Crippen molar-refractivity contribution in [3.8, 4) is 0 Å². The lowest BCUT2D eigenvalue weighted by molar-refractivity contribution is -0.310. The van der Waals surface area contributed by atoms with Gasteiger partial charge >= 0.3 is 5.97 Å². The Morgan fingerprint density at radius 2 is 1.77 bits per heavy atom. The van der Waals surface area contributed by atoms with E-state index in [9.17, 15) is 4.79 Å². The summed E-state index contributed by atoms with van der Waals surface area (Å²) in [5, 5.41) is 8.61. The smallest absolute Gasteiger partial charge is 0.322 e. The molecule has 0 fully saturated rings. The molecule has 0 rings (SSSR count). The first-order chi connectivity index (χ1) is 10.3. The van der Waals surface area contributed by atoms with Crippen LogP contribution in [0.5, 0.6) is 0 Å². The van der Waals surface area contributed by atoms with E-state index in [0.29, 0.717) is 26.2 Å². The predicted molar refractivity (Wildman–Crippen MR) is 86.7 cm³/mol. The van der Waals surface area contributed by atoms with Crippen LogP contribution in [0.1, 0.15) is 46.5 Å². The van der Waals surface area contributed by atoms with Gasteiger partial charge in [0.05, 0.1) is 19.8 Å². The van der Waals surface area contributed by atoms with E-state index in [1.54, 1.807) is 20.8 Å². The summed E-state index contributed by atoms with van der Waals surface area (Å²) in [5.41, 5.74) is 0.729. The first kappa shape index (κ1) is 21.5. The predicted octanol–water partition coefficient (Wildman–Crippen LogP) is 3.65. The van der Waals surface area contributed by atoms with Crippen LogP contribution in [0.15, 0.2) is 12.2 Å². The third-order valence-electron chi connectivity index (χ3n) is 2.81. The van der Waals surface area contributed by atoms with Crippen molar-refractivity contribution >= 4 is 21.9 Å². The number of halogens is 1. The largest absolute Gasteiger partial charge is 0.465 e. The van der Waals surface area contributed by atoms with E-state index < -0.39 is 10.4 Å². The van der Waals surface area contributed by atoms with Crippen molar-refractivity contribution in [3.05, 3.63) is 12.2 Å². The summed E-state index contributed by atoms with van der Waals surface area (Å²) in [6.07, 6.45) is 2.53. The molecule has 0 aliphatic heterocycles. The number of unbranched alkanes of at least 4 members (excludes halogenated alkanes) is 2. The molecule has 1 N–H and O–H groups in total. The van der Waals surface area contributed by atoms with Crippen molar-refractivity contribution in [2.45, 2.75) is 56.9 Å². The van der Waals surface area contributed by atoms with Crippen molar-refractivity contribution in [1.29, 1.82) is 0 Å². The molecular weight excluding hydrogens is 356 g/mol. The van der Waals surface area contributed by atoms with Gasteiger partial charge in [0, 0.05) is 6.42 Å². The zero-order valence-corrected chi connectivity index (χ0v) is 15.2. The van der Waals surface area contributed by atoms with Crippen LogP contribution in [0.4, 0.5) is 0 Å². The van der Waals surface area contributed by atoms with Crippen LogP contribution in [-0.2, 0) is 24.2 Å². The van der Waals surface area contributed by atoms with Crippen molar-refractivity contribution < 1.29 is 29.5 Å². The Balaban J connectivity index is 3.38. The number of carbonyl (C=O) groups is 1. The molecule has 0 saturated heterocycles. The van der Waals surface area contributed by atoms with Gasteiger partial charge in [0.2, 0.25) is 0 Å². The number of hydrogen-bond donors (Lipinski definition) is 1. The monoisotopic (exact) mass is 382 g/mol. The molecule has 0 spiro atoms. The number of carbonyl (C=O) groups excluding carboxylic acids is 1. The maximum Gasteiger partial charge on any atom is 0.322 e. The summed E-state index contributed by atoms with van der Waals surface area (Å²) in [6, 6.07) is 0. The normalized spacial score (nSPS) is 13.0. The minimum Gasteiger partial charge on any atom is -0.465 e. The van der Waals surface area contributed by atoms with Crippen LogP contribution in [0.2, 0.25) is 0 Å². The highest BCUT2D eigenvalue weighted by Crippen LogP contribution is 2.17. The highest BCUT2D eigenvalue weighted by molar-refractivity contribution is 9.10. The van der Waals surface area contributed by atoms with Gasteiger partial charge in [-0.15, -0.1) is 0 Å². The van der Waals surface area contributed by atoms with Crippen molar-refractivity contribution in [2.24, 2.45) is 0 Å². The number of esters is 1. The molecule has 130 valence electrons. The van der Waals surface area contributed by atoms with Gasteiger partial charge < -0.3 is 4.74 Å². The number of rotatable bonds is 13. The fourth-order valence-electron chi connectivity index (χ4n) is 1.44. The first-order valence-electron chi connectivity index (χ1n) is 7.35. The lowest BCUT2D eigenvalue weighted by atomic mass is 10.1. The minimum atomic E-state index is -0.635. The van der Waals surface area contributed by atoms with Crippen LogP contribution >= 0.6 is 15.9 Å². The van der Waals surface area contributed by atoms with Crippen LogP contribution in [0, 0.1) is 0 Å². The van der Waals surface area contributed by atoms with Gasteiger partial charge in [-0.2, -0.15) is 0 Å². The second-order valence-electron chi connectivity index (χ2n) is 5.54. The van der Waals surface area contributed by atoms with E-state index in [0.717, 1.165) is 24.8 Å². The molecule has 0 aromatic rings. The quantitative estimate of drug-likeness (QED) is 0.131. The summed E-state index contributed by atoms with van der Waals surface area (Å²) in [7, 11) is 0. The van der Waals surface area contributed by atoms with Gasteiger partial charge in [0.15, 0.2) is 0 Å². The molecule has 6 nitrogen and oxygen atoms in total. The maximum absolute atomic E-state index is 11.5. The second-order valence-corrected chi connectivity index (χ2v) is 7.52. The Hall–Kier alpha value is -0.470. The molecule has 22 heavy (non-hydrogen) atoms. The van der Waals surface area contributed by atoms with Gasteiger partial charge in [0.1, 0.15) is 10.4 Å². The standard InChI is InChI=1S/C15H27BrO6/c1-12(2)13(22-18)8-11-21-20-10-7-5-6-9-19-14(17)15(3,4)16/h13,18H,1,5-11H2,2-4H3. The maximum atomic E-state index is 11.5. The van der Waals surface area contributed by atoms with Gasteiger partial charge in [-0.1, -0.05) is 22.5 Å². The summed E-state index contributed by atoms with van der Waals surface area (Å²) in [5.74, 6) is -0.259. The number of alkyl halides is 1. The number of hydrogen-bond acceptors (Lipinski definition) is 6. The fraction of sp³-hybridized carbons (Fsp3) is 0.800. The Morgan fingerprint density at radius 3 is 2.32 bits per heavy atom. The molecule has 0 aromatic heterocycles. The lowest BCUT2D eigenvalue weighted by Crippen LogP contribution is -2.26. The van der Waals surface area contributed by atoms with E-state index in [1.165, 1.54) is 0 Å². The molecule has 0 amide bonds. The zero-order chi connectivity index (χ0) is 17.0. The second kappa shape index (κ2) is 12.0. The topological polar surface area (TPSA) is 74.2 Å². The summed E-state index contributed by atoms with van der Waals surface area (Å²) < 4.78 is 4.47. The molecule has 7 heteroatoms. The molecule has 0 heterocycles. The van der Waals surface area contributed by atoms with Crippen molar-refractivity contribution in [2.75, 3.05) is 19.8 Å². The van der Waals surface area contributed by atoms with E-state index in [2.05, 4.69) is 27.4 Å². The van der Waals surface area contributed by atoms with Crippen LogP contribution in [-0.4, -0.2) is 41.5 Å². The summed E-state index contributed by atoms with van der Waals surface area (Å²) in [4.78, 5) is 25.7. The summed E-state index contributed by atoms with van der Waals surface area (Å²) in [6.45, 7) is 10.2. The molecular formula is C15H27BrO6. The first-order valence-corrected chi connectivity index (χ1v) is 8.14. The highest BCUT2D eigenvalue weighted by Gasteiger charge is 2.24. The molecule has 0 aromatic carbocycles. The lowest BCUT2D eigenvalue weighted by Gasteiger charge is -2.14. The van der Waals surface area contributed by atoms with Crippen LogP contribution in [0.3, 0.4) is 0 Å². The van der Waals surface area contributed by atoms with Crippen LogP contribution < -0.4 is 0 Å². The molecule has 0 aliphatic carbocycles. The summed E-state index contributed by atoms with van der Waals surface area (Å²) >= 11 is 3.25. The molecule has 0 aliphatic rings. The Kier molecular flexibility index (Phi) is 11.8. The van der Waals surface area contributed by atoms with Gasteiger partial charge in [-0.05, 0) is 45.6 Å². The van der Waals surface area contributed by atoms with Gasteiger partial charge in [0.25, 0.3) is 0 Å². The Bertz CT molecular complexity index is 326. The molecule has 0 bridgehead atoms. The van der Waals surface area contributed by atoms with Gasteiger partial charge in [-0.25, -0.2) is 14.7 Å². The zero-order valence-electron chi connectivity index (χ0n) is 13.6. The van der Waals surface area contributed by atoms with Crippen LogP contribution in [0.25, 0.3) is 0 Å². The molecule has 1 atom stereocenters. The van der Waals surface area contributed by atoms with E-state index in [-0.39, 0.29) is 5.97 Å². The fourth-order valence-corrected chi connectivity index (χ4v) is 1.55. The average molecular weight is 383 g/mol. The van der Waals surface area contributed by atoms with Gasteiger partial charge in [-0.3, -0.25) is 10.1 Å². The highest BCUT2D eigenvalue weighted by atomic mass is 79.9. The van der Waals surface area contributed by atoms with E-state index in [1.807, 2.05) is 0 Å². The molecule has 0 saturated carbocycles. The third kappa shape index (κ3) is 11.1. The average Bonchev–Trinajstić information content (AvgIpc) is 2.43. The Morgan fingerprint density at radius 1 is 1.18 bits per heavy atom. The molecule has 0 radical (unpaired) electrons. The molecule has 1 unspecified atom stereocenters. The van der Waals surface area contributed by atoms with Crippen molar-refractivity contribution in [3.63, 3.8) is 0 Å². The van der Waals surface area contributed by atoms with E-state index >= 15 is 0 Å². The SMILES string of the molecule is C=C(C)C(CCOOCCCCCOC(=O)C(C)(C)Br)OO.